The lowest BCUT2D eigenvalue weighted by Crippen LogP contribution is -2.26. The van der Waals surface area contributed by atoms with Crippen LogP contribution in [0.25, 0.3) is 0 Å². The third kappa shape index (κ3) is 5.60. The minimum absolute atomic E-state index is 0.131. The summed E-state index contributed by atoms with van der Waals surface area (Å²) in [6.45, 7) is 0.967. The average Bonchev–Trinajstić information content (AvgIpc) is 2.42. The van der Waals surface area contributed by atoms with Crippen LogP contribution in [0, 0.1) is 0 Å². The molecule has 1 amide bonds. The Labute approximate surface area is 124 Å². The first kappa shape index (κ1) is 17.3. The van der Waals surface area contributed by atoms with Gasteiger partial charge in [0.25, 0.3) is 5.91 Å². The first-order chi connectivity index (χ1) is 9.89. The largest absolute Gasteiger partial charge is 0.495 e. The van der Waals surface area contributed by atoms with Crippen LogP contribution in [0.1, 0.15) is 16.8 Å². The number of amides is 1. The van der Waals surface area contributed by atoms with Gasteiger partial charge in [-0.1, -0.05) is 6.07 Å². The first-order valence-electron chi connectivity index (χ1n) is 6.31. The van der Waals surface area contributed by atoms with Gasteiger partial charge in [-0.2, -0.15) is 0 Å². The summed E-state index contributed by atoms with van der Waals surface area (Å²) < 4.78 is 35.2. The molecule has 1 rings (SSSR count). The van der Waals surface area contributed by atoms with Gasteiger partial charge in [-0.05, 0) is 18.6 Å². The molecule has 0 aliphatic heterocycles. The number of carbonyl (C=O) groups is 1. The van der Waals surface area contributed by atoms with Gasteiger partial charge in [0, 0.05) is 20.3 Å². The fourth-order valence-electron chi connectivity index (χ4n) is 1.69. The van der Waals surface area contributed by atoms with E-state index in [9.17, 15) is 13.2 Å². The Morgan fingerprint density at radius 1 is 1.29 bits per heavy atom. The Morgan fingerprint density at radius 2 is 2.00 bits per heavy atom. The minimum Gasteiger partial charge on any atom is -0.495 e. The topological polar surface area (TPSA) is 93.7 Å². The predicted octanol–water partition coefficient (Wildman–Crippen LogP) is 0.833. The van der Waals surface area contributed by atoms with Crippen molar-refractivity contribution < 1.29 is 22.7 Å². The summed E-state index contributed by atoms with van der Waals surface area (Å²) in [7, 11) is -0.538. The van der Waals surface area contributed by atoms with Crippen LogP contribution in [0.3, 0.4) is 0 Å². The molecular formula is C13H20N2O5S. The monoisotopic (exact) mass is 316 g/mol. The van der Waals surface area contributed by atoms with E-state index in [4.69, 9.17) is 9.47 Å². The molecule has 21 heavy (non-hydrogen) atoms. The summed E-state index contributed by atoms with van der Waals surface area (Å²) in [5.41, 5.74) is 0.337. The number of hydrogen-bond acceptors (Lipinski definition) is 5. The summed E-state index contributed by atoms with van der Waals surface area (Å²) in [4.78, 5) is 12.1. The van der Waals surface area contributed by atoms with Crippen LogP contribution in [-0.2, 0) is 14.8 Å². The molecule has 0 saturated carbocycles. The van der Waals surface area contributed by atoms with E-state index in [1.165, 1.54) is 13.2 Å². The fourth-order valence-corrected chi connectivity index (χ4v) is 2.28. The zero-order valence-corrected chi connectivity index (χ0v) is 13.1. The fraction of sp³-hybridized carbons (Fsp3) is 0.462. The quantitative estimate of drug-likeness (QED) is 0.693. The molecule has 0 saturated heterocycles. The van der Waals surface area contributed by atoms with Crippen molar-refractivity contribution in [3.8, 4) is 5.75 Å². The maximum Gasteiger partial charge on any atom is 0.253 e. The van der Waals surface area contributed by atoms with Crippen molar-refractivity contribution >= 4 is 21.6 Å². The molecule has 0 heterocycles. The van der Waals surface area contributed by atoms with E-state index in [1.54, 1.807) is 19.2 Å². The smallest absolute Gasteiger partial charge is 0.253 e. The Bertz CT molecular complexity index is 586. The Hall–Kier alpha value is -1.80. The molecule has 0 unspecified atom stereocenters. The third-order valence-electron chi connectivity index (χ3n) is 2.59. The zero-order valence-electron chi connectivity index (χ0n) is 12.3. The van der Waals surface area contributed by atoms with Crippen LogP contribution in [-0.4, -0.2) is 48.0 Å². The molecule has 0 aromatic heterocycles. The van der Waals surface area contributed by atoms with Crippen molar-refractivity contribution in [3.63, 3.8) is 0 Å². The van der Waals surface area contributed by atoms with Crippen LogP contribution < -0.4 is 14.8 Å². The van der Waals surface area contributed by atoms with Crippen molar-refractivity contribution in [1.82, 2.24) is 5.32 Å². The zero-order chi connectivity index (χ0) is 15.9. The van der Waals surface area contributed by atoms with Crippen LogP contribution in [0.2, 0.25) is 0 Å². The van der Waals surface area contributed by atoms with Gasteiger partial charge >= 0.3 is 0 Å². The van der Waals surface area contributed by atoms with E-state index >= 15 is 0 Å². The molecule has 0 aliphatic rings. The molecule has 1 aromatic rings. The second-order valence-electron chi connectivity index (χ2n) is 4.36. The Balaban J connectivity index is 2.97. The third-order valence-corrected chi connectivity index (χ3v) is 3.16. The molecule has 0 spiro atoms. The van der Waals surface area contributed by atoms with Crippen LogP contribution >= 0.6 is 0 Å². The van der Waals surface area contributed by atoms with E-state index < -0.39 is 10.0 Å². The number of benzene rings is 1. The number of sulfonamides is 1. The summed E-state index contributed by atoms with van der Waals surface area (Å²) in [6.07, 6.45) is 1.68. The second-order valence-corrected chi connectivity index (χ2v) is 6.11. The van der Waals surface area contributed by atoms with Gasteiger partial charge in [-0.3, -0.25) is 9.52 Å². The predicted molar refractivity (Wildman–Crippen MR) is 80.3 cm³/mol. The number of methoxy groups -OCH3 is 2. The van der Waals surface area contributed by atoms with Crippen molar-refractivity contribution in [3.05, 3.63) is 23.8 Å². The molecular weight excluding hydrogens is 296 g/mol. The molecule has 7 nitrogen and oxygen atoms in total. The highest BCUT2D eigenvalue weighted by Gasteiger charge is 2.18. The number of hydrogen-bond donors (Lipinski definition) is 2. The van der Waals surface area contributed by atoms with Gasteiger partial charge < -0.3 is 14.8 Å². The maximum absolute atomic E-state index is 12.1. The molecule has 0 fully saturated rings. The molecule has 0 atom stereocenters. The van der Waals surface area contributed by atoms with Crippen molar-refractivity contribution in [2.75, 3.05) is 38.3 Å². The van der Waals surface area contributed by atoms with Gasteiger partial charge in [0.15, 0.2) is 0 Å². The second kappa shape index (κ2) is 7.84. The van der Waals surface area contributed by atoms with E-state index in [-0.39, 0.29) is 22.9 Å². The van der Waals surface area contributed by atoms with Crippen molar-refractivity contribution in [2.24, 2.45) is 0 Å². The van der Waals surface area contributed by atoms with Gasteiger partial charge in [0.05, 0.1) is 18.9 Å². The first-order valence-corrected chi connectivity index (χ1v) is 8.20. The maximum atomic E-state index is 12.1. The van der Waals surface area contributed by atoms with E-state index in [2.05, 4.69) is 10.0 Å². The number of carbonyl (C=O) groups excluding carboxylic acids is 1. The highest BCUT2D eigenvalue weighted by Crippen LogP contribution is 2.29. The normalized spacial score (nSPS) is 11.0. The molecule has 0 bridgehead atoms. The molecule has 0 radical (unpaired) electrons. The van der Waals surface area contributed by atoms with Gasteiger partial charge in [-0.25, -0.2) is 8.42 Å². The molecule has 0 aliphatic carbocycles. The Morgan fingerprint density at radius 3 is 2.57 bits per heavy atom. The highest BCUT2D eigenvalue weighted by molar-refractivity contribution is 7.92. The van der Waals surface area contributed by atoms with Crippen LogP contribution in [0.5, 0.6) is 5.75 Å². The van der Waals surface area contributed by atoms with E-state index in [1.807, 2.05) is 0 Å². The molecule has 8 heteroatoms. The minimum atomic E-state index is -3.52. The van der Waals surface area contributed by atoms with Gasteiger partial charge in [-0.15, -0.1) is 0 Å². The lowest BCUT2D eigenvalue weighted by molar-refractivity contribution is 0.0949. The molecule has 2 N–H and O–H groups in total. The standard InChI is InChI=1S/C13H20N2O5S/c1-19-9-5-8-14-13(16)10-6-4-7-11(20-2)12(10)15-21(3,17)18/h4,6-7,15H,5,8-9H2,1-3H3,(H,14,16). The Kier molecular flexibility index (Phi) is 6.44. The highest BCUT2D eigenvalue weighted by atomic mass is 32.2. The lowest BCUT2D eigenvalue weighted by atomic mass is 10.1. The van der Waals surface area contributed by atoms with Gasteiger partial charge in [0.2, 0.25) is 10.0 Å². The number of para-hydroxylation sites is 1. The van der Waals surface area contributed by atoms with E-state index in [0.29, 0.717) is 19.6 Å². The van der Waals surface area contributed by atoms with E-state index in [0.717, 1.165) is 6.26 Å². The number of nitrogens with one attached hydrogen (secondary N) is 2. The SMILES string of the molecule is COCCCNC(=O)c1cccc(OC)c1NS(C)(=O)=O. The summed E-state index contributed by atoms with van der Waals surface area (Å²) in [6, 6.07) is 4.73. The summed E-state index contributed by atoms with van der Waals surface area (Å²) in [5, 5.41) is 2.70. The number of ether oxygens (including phenoxy) is 2. The summed E-state index contributed by atoms with van der Waals surface area (Å²) in [5.74, 6) is -0.0962. The van der Waals surface area contributed by atoms with Gasteiger partial charge in [0.1, 0.15) is 11.4 Å². The molecule has 118 valence electrons. The van der Waals surface area contributed by atoms with Crippen molar-refractivity contribution in [1.29, 1.82) is 0 Å². The lowest BCUT2D eigenvalue weighted by Gasteiger charge is -2.14. The number of rotatable bonds is 8. The van der Waals surface area contributed by atoms with Crippen molar-refractivity contribution in [2.45, 2.75) is 6.42 Å². The van der Waals surface area contributed by atoms with Crippen LogP contribution in [0.15, 0.2) is 18.2 Å². The molecule has 1 aromatic carbocycles. The average molecular weight is 316 g/mol. The van der Waals surface area contributed by atoms with Crippen LogP contribution in [0.4, 0.5) is 5.69 Å². The summed E-state index contributed by atoms with van der Waals surface area (Å²) >= 11 is 0. The number of anilines is 1.